The minimum Gasteiger partial charge on any atom is -0.348 e. The predicted octanol–water partition coefficient (Wildman–Crippen LogP) is 3.41. The molecule has 0 spiro atoms. The first kappa shape index (κ1) is 16.2. The Morgan fingerprint density at radius 2 is 1.83 bits per heavy atom. The summed E-state index contributed by atoms with van der Waals surface area (Å²) < 4.78 is 13.5. The fourth-order valence-corrected chi connectivity index (χ4v) is 2.31. The molecule has 0 bridgehead atoms. The van der Waals surface area contributed by atoms with Crippen molar-refractivity contribution < 1.29 is 14.0 Å². The normalized spacial score (nSPS) is 13.4. The molecule has 2 N–H and O–H groups in total. The van der Waals surface area contributed by atoms with Crippen molar-refractivity contribution in [2.45, 2.75) is 26.3 Å². The number of hydrogen-bond donors (Lipinski definition) is 2. The molecule has 4 nitrogen and oxygen atoms in total. The number of anilines is 1. The highest BCUT2D eigenvalue weighted by Gasteiger charge is 2.29. The van der Waals surface area contributed by atoms with Crippen molar-refractivity contribution in [2.24, 2.45) is 5.92 Å². The van der Waals surface area contributed by atoms with Gasteiger partial charge in [-0.1, -0.05) is 18.2 Å². The fourth-order valence-electron chi connectivity index (χ4n) is 2.31. The Kier molecular flexibility index (Phi) is 4.60. The average Bonchev–Trinajstić information content (AvgIpc) is 3.41. The van der Waals surface area contributed by atoms with Crippen molar-refractivity contribution >= 4 is 17.5 Å². The zero-order valence-corrected chi connectivity index (χ0v) is 13.4. The second-order valence-corrected chi connectivity index (χ2v) is 6.11. The molecular weight excluding hydrogens is 307 g/mol. The highest BCUT2D eigenvalue weighted by atomic mass is 19.1. The lowest BCUT2D eigenvalue weighted by molar-refractivity contribution is -0.117. The number of aryl methyl sites for hydroxylation is 1. The van der Waals surface area contributed by atoms with Crippen LogP contribution in [0.4, 0.5) is 10.1 Å². The van der Waals surface area contributed by atoms with Crippen LogP contribution in [-0.4, -0.2) is 11.8 Å². The molecule has 2 aromatic carbocycles. The zero-order chi connectivity index (χ0) is 17.1. The molecule has 24 heavy (non-hydrogen) atoms. The SMILES string of the molecule is Cc1ccc(C(=O)NCc2ccc(NC(=O)C3CC3)cc2)cc1F. The van der Waals surface area contributed by atoms with Crippen LogP contribution in [0.25, 0.3) is 0 Å². The Morgan fingerprint density at radius 3 is 2.46 bits per heavy atom. The van der Waals surface area contributed by atoms with E-state index in [2.05, 4.69) is 10.6 Å². The summed E-state index contributed by atoms with van der Waals surface area (Å²) in [6.45, 7) is 1.99. The number of carbonyl (C=O) groups is 2. The van der Waals surface area contributed by atoms with Crippen LogP contribution in [0.2, 0.25) is 0 Å². The molecule has 1 saturated carbocycles. The fraction of sp³-hybridized carbons (Fsp3) is 0.263. The van der Waals surface area contributed by atoms with E-state index >= 15 is 0 Å². The standard InChI is InChI=1S/C19H19FN2O2/c1-12-2-5-15(10-17(12)20)18(23)21-11-13-3-8-16(9-4-13)22-19(24)14-6-7-14/h2-5,8-10,14H,6-7,11H2,1H3,(H,21,23)(H,22,24). The molecular formula is C19H19FN2O2. The van der Waals surface area contributed by atoms with Crippen molar-refractivity contribution in [2.75, 3.05) is 5.32 Å². The molecule has 0 unspecified atom stereocenters. The van der Waals surface area contributed by atoms with Crippen LogP contribution in [0.15, 0.2) is 42.5 Å². The lowest BCUT2D eigenvalue weighted by Gasteiger charge is -2.08. The number of benzene rings is 2. The zero-order valence-electron chi connectivity index (χ0n) is 13.4. The van der Waals surface area contributed by atoms with Crippen LogP contribution in [0.1, 0.15) is 34.3 Å². The summed E-state index contributed by atoms with van der Waals surface area (Å²) in [6.07, 6.45) is 1.94. The highest BCUT2D eigenvalue weighted by Crippen LogP contribution is 2.30. The van der Waals surface area contributed by atoms with E-state index in [0.717, 1.165) is 24.1 Å². The van der Waals surface area contributed by atoms with Gasteiger partial charge in [0, 0.05) is 23.7 Å². The van der Waals surface area contributed by atoms with Gasteiger partial charge in [0.2, 0.25) is 5.91 Å². The Bertz CT molecular complexity index is 767. The first-order valence-electron chi connectivity index (χ1n) is 7.97. The van der Waals surface area contributed by atoms with Gasteiger partial charge in [0.1, 0.15) is 5.82 Å². The lowest BCUT2D eigenvalue weighted by atomic mass is 10.1. The van der Waals surface area contributed by atoms with Crippen LogP contribution < -0.4 is 10.6 Å². The van der Waals surface area contributed by atoms with E-state index in [0.29, 0.717) is 17.7 Å². The second kappa shape index (κ2) is 6.83. The Morgan fingerprint density at radius 1 is 1.12 bits per heavy atom. The van der Waals surface area contributed by atoms with E-state index in [9.17, 15) is 14.0 Å². The first-order valence-corrected chi connectivity index (χ1v) is 7.97. The third kappa shape index (κ3) is 3.98. The van der Waals surface area contributed by atoms with E-state index in [-0.39, 0.29) is 17.7 Å². The van der Waals surface area contributed by atoms with E-state index in [1.165, 1.54) is 6.07 Å². The minimum atomic E-state index is -0.390. The monoisotopic (exact) mass is 326 g/mol. The van der Waals surface area contributed by atoms with Gasteiger partial charge in [-0.15, -0.1) is 0 Å². The molecule has 1 fully saturated rings. The van der Waals surface area contributed by atoms with E-state index < -0.39 is 5.82 Å². The predicted molar refractivity (Wildman–Crippen MR) is 90.1 cm³/mol. The molecule has 0 heterocycles. The molecule has 1 aliphatic rings. The van der Waals surface area contributed by atoms with Gasteiger partial charge in [0.25, 0.3) is 5.91 Å². The summed E-state index contributed by atoms with van der Waals surface area (Å²) in [4.78, 5) is 23.7. The number of nitrogens with one attached hydrogen (secondary N) is 2. The molecule has 0 atom stereocenters. The maximum absolute atomic E-state index is 13.5. The van der Waals surface area contributed by atoms with Crippen molar-refractivity contribution in [3.63, 3.8) is 0 Å². The summed E-state index contributed by atoms with van der Waals surface area (Å²) in [5, 5.41) is 5.62. The maximum atomic E-state index is 13.5. The van der Waals surface area contributed by atoms with Crippen molar-refractivity contribution in [3.8, 4) is 0 Å². The van der Waals surface area contributed by atoms with Crippen molar-refractivity contribution in [1.82, 2.24) is 5.32 Å². The van der Waals surface area contributed by atoms with Gasteiger partial charge in [-0.2, -0.15) is 0 Å². The first-order chi connectivity index (χ1) is 11.5. The van der Waals surface area contributed by atoms with Crippen LogP contribution in [-0.2, 0) is 11.3 Å². The van der Waals surface area contributed by atoms with Gasteiger partial charge < -0.3 is 10.6 Å². The molecule has 0 radical (unpaired) electrons. The average molecular weight is 326 g/mol. The van der Waals surface area contributed by atoms with Gasteiger partial charge in [0.05, 0.1) is 0 Å². The topological polar surface area (TPSA) is 58.2 Å². The van der Waals surface area contributed by atoms with Gasteiger partial charge in [-0.3, -0.25) is 9.59 Å². The lowest BCUT2D eigenvalue weighted by Crippen LogP contribution is -2.23. The number of amides is 2. The molecule has 1 aliphatic carbocycles. The van der Waals surface area contributed by atoms with Crippen LogP contribution >= 0.6 is 0 Å². The molecule has 0 aromatic heterocycles. The third-order valence-electron chi connectivity index (χ3n) is 4.06. The molecule has 124 valence electrons. The van der Waals surface area contributed by atoms with Crippen LogP contribution in [0, 0.1) is 18.7 Å². The minimum absolute atomic E-state index is 0.0671. The van der Waals surface area contributed by atoms with Gasteiger partial charge in [0.15, 0.2) is 0 Å². The van der Waals surface area contributed by atoms with Crippen molar-refractivity contribution in [1.29, 1.82) is 0 Å². The van der Waals surface area contributed by atoms with E-state index in [4.69, 9.17) is 0 Å². The number of hydrogen-bond acceptors (Lipinski definition) is 2. The maximum Gasteiger partial charge on any atom is 0.251 e. The van der Waals surface area contributed by atoms with Crippen molar-refractivity contribution in [3.05, 3.63) is 65.0 Å². The highest BCUT2D eigenvalue weighted by molar-refractivity contribution is 5.94. The third-order valence-corrected chi connectivity index (χ3v) is 4.06. The van der Waals surface area contributed by atoms with Gasteiger partial charge >= 0.3 is 0 Å². The summed E-state index contributed by atoms with van der Waals surface area (Å²) in [6, 6.07) is 11.7. The largest absolute Gasteiger partial charge is 0.348 e. The second-order valence-electron chi connectivity index (χ2n) is 6.11. The Balaban J connectivity index is 1.54. The number of halogens is 1. The molecule has 0 aliphatic heterocycles. The summed E-state index contributed by atoms with van der Waals surface area (Å²) in [7, 11) is 0. The number of rotatable bonds is 5. The summed E-state index contributed by atoms with van der Waals surface area (Å²) in [5.41, 5.74) is 2.46. The van der Waals surface area contributed by atoms with Gasteiger partial charge in [-0.25, -0.2) is 4.39 Å². The Labute approximate surface area is 140 Å². The van der Waals surface area contributed by atoms with Crippen LogP contribution in [0.3, 0.4) is 0 Å². The molecule has 2 aromatic rings. The van der Waals surface area contributed by atoms with Gasteiger partial charge in [-0.05, 0) is 55.2 Å². The molecule has 2 amide bonds. The number of carbonyl (C=O) groups excluding carboxylic acids is 2. The summed E-state index contributed by atoms with van der Waals surface area (Å²) in [5.74, 6) is -0.477. The van der Waals surface area contributed by atoms with Crippen LogP contribution in [0.5, 0.6) is 0 Å². The molecule has 5 heteroatoms. The van der Waals surface area contributed by atoms with E-state index in [1.807, 2.05) is 24.3 Å². The molecule has 0 saturated heterocycles. The summed E-state index contributed by atoms with van der Waals surface area (Å²) >= 11 is 0. The molecule has 3 rings (SSSR count). The van der Waals surface area contributed by atoms with E-state index in [1.54, 1.807) is 19.1 Å². The quantitative estimate of drug-likeness (QED) is 0.884. The smallest absolute Gasteiger partial charge is 0.251 e. The Hall–Kier alpha value is -2.69.